The van der Waals surface area contributed by atoms with Gasteiger partial charge in [0.2, 0.25) is 11.8 Å². The second kappa shape index (κ2) is 8.24. The third-order valence-electron chi connectivity index (χ3n) is 5.57. The summed E-state index contributed by atoms with van der Waals surface area (Å²) in [5.74, 6) is -1.50. The van der Waals surface area contributed by atoms with Crippen LogP contribution in [0, 0.1) is 11.7 Å². The highest BCUT2D eigenvalue weighted by molar-refractivity contribution is 7.22. The lowest BCUT2D eigenvalue weighted by atomic mass is 10.1. The number of benzene rings is 2. The van der Waals surface area contributed by atoms with Gasteiger partial charge in [0.1, 0.15) is 5.82 Å². The number of thiazole rings is 1. The monoisotopic (exact) mass is 440 g/mol. The van der Waals surface area contributed by atoms with Crippen molar-refractivity contribution in [2.45, 2.75) is 6.42 Å². The van der Waals surface area contributed by atoms with Gasteiger partial charge in [0.25, 0.3) is 0 Å². The van der Waals surface area contributed by atoms with Gasteiger partial charge in [-0.25, -0.2) is 9.37 Å². The molecule has 0 bridgehead atoms. The highest BCUT2D eigenvalue weighted by Gasteiger charge is 2.36. The molecule has 2 fully saturated rings. The fraction of sp³-hybridized carbons (Fsp3) is 0.318. The van der Waals surface area contributed by atoms with Crippen LogP contribution in [-0.2, 0) is 14.3 Å². The summed E-state index contributed by atoms with van der Waals surface area (Å²) < 4.78 is 20.4. The van der Waals surface area contributed by atoms with E-state index < -0.39 is 11.7 Å². The molecule has 1 atom stereocenters. The molecule has 1 aromatic heterocycles. The number of carbonyl (C=O) groups is 2. The van der Waals surface area contributed by atoms with Gasteiger partial charge >= 0.3 is 0 Å². The highest BCUT2D eigenvalue weighted by Crippen LogP contribution is 2.32. The minimum Gasteiger partial charge on any atom is -0.378 e. The molecule has 2 amide bonds. The lowest BCUT2D eigenvalue weighted by Gasteiger charge is -2.25. The Bertz CT molecular complexity index is 1140. The van der Waals surface area contributed by atoms with Crippen LogP contribution in [0.15, 0.2) is 42.5 Å². The molecular formula is C22H21FN4O3S. The van der Waals surface area contributed by atoms with Gasteiger partial charge in [0.05, 0.1) is 35.0 Å². The largest absolute Gasteiger partial charge is 0.378 e. The van der Waals surface area contributed by atoms with E-state index in [4.69, 9.17) is 4.74 Å². The Kier molecular flexibility index (Phi) is 5.29. The first-order chi connectivity index (χ1) is 15.1. The molecule has 0 unspecified atom stereocenters. The number of amides is 2. The van der Waals surface area contributed by atoms with Crippen molar-refractivity contribution in [1.82, 2.24) is 4.98 Å². The van der Waals surface area contributed by atoms with Gasteiger partial charge in [-0.2, -0.15) is 0 Å². The van der Waals surface area contributed by atoms with E-state index >= 15 is 0 Å². The van der Waals surface area contributed by atoms with Crippen LogP contribution in [0.1, 0.15) is 6.42 Å². The van der Waals surface area contributed by atoms with Crippen LogP contribution in [0.3, 0.4) is 0 Å². The van der Waals surface area contributed by atoms with Crippen molar-refractivity contribution >= 4 is 49.9 Å². The van der Waals surface area contributed by atoms with Crippen molar-refractivity contribution < 1.29 is 18.7 Å². The fourth-order valence-electron chi connectivity index (χ4n) is 3.91. The summed E-state index contributed by atoms with van der Waals surface area (Å²) >= 11 is 1.58. The number of fused-ring (bicyclic) bond motifs is 1. The van der Waals surface area contributed by atoms with E-state index in [0.29, 0.717) is 18.9 Å². The van der Waals surface area contributed by atoms with E-state index in [1.165, 1.54) is 11.0 Å². The molecule has 0 aliphatic carbocycles. The number of anilines is 3. The van der Waals surface area contributed by atoms with E-state index in [-0.39, 0.29) is 30.5 Å². The maximum absolute atomic E-state index is 14.1. The Morgan fingerprint density at radius 3 is 2.81 bits per heavy atom. The number of morpholine rings is 1. The van der Waals surface area contributed by atoms with Crippen molar-refractivity contribution in [3.05, 3.63) is 48.3 Å². The van der Waals surface area contributed by atoms with Gasteiger partial charge in [0, 0.05) is 31.7 Å². The Labute approximate surface area is 182 Å². The Morgan fingerprint density at radius 1 is 1.19 bits per heavy atom. The minimum absolute atomic E-state index is 0.0597. The second-order valence-electron chi connectivity index (χ2n) is 7.62. The first-order valence-corrected chi connectivity index (χ1v) is 11.0. The van der Waals surface area contributed by atoms with Gasteiger partial charge in [-0.3, -0.25) is 9.59 Å². The van der Waals surface area contributed by atoms with Crippen molar-refractivity contribution in [1.29, 1.82) is 0 Å². The quantitative estimate of drug-likeness (QED) is 0.674. The summed E-state index contributed by atoms with van der Waals surface area (Å²) in [6.45, 7) is 3.19. The van der Waals surface area contributed by atoms with E-state index in [1.807, 2.05) is 18.2 Å². The molecule has 160 valence electrons. The van der Waals surface area contributed by atoms with E-state index in [1.54, 1.807) is 29.5 Å². The predicted molar refractivity (Wildman–Crippen MR) is 118 cm³/mol. The first kappa shape index (κ1) is 19.9. The third-order valence-corrected chi connectivity index (χ3v) is 6.64. The lowest BCUT2D eigenvalue weighted by Crippen LogP contribution is -2.36. The molecule has 3 aromatic rings. The zero-order valence-electron chi connectivity index (χ0n) is 16.7. The number of rotatable bonds is 4. The topological polar surface area (TPSA) is 74.8 Å². The molecule has 5 rings (SSSR count). The number of aromatic nitrogens is 1. The highest BCUT2D eigenvalue weighted by atomic mass is 32.1. The number of nitrogens with zero attached hydrogens (tertiary/aromatic N) is 3. The standard InChI is InChI=1S/C22H21FN4O3S/c23-16-3-1-2-4-18(16)27-13-14(11-20(27)28)21(29)24-15-5-6-17-19(12-15)31-22(25-17)26-7-9-30-10-8-26/h1-6,12,14H,7-11,13H2,(H,24,29)/t14-/m1/s1. The van der Waals surface area contributed by atoms with Crippen LogP contribution in [0.2, 0.25) is 0 Å². The normalized spacial score (nSPS) is 19.3. The van der Waals surface area contributed by atoms with Crippen LogP contribution in [0.5, 0.6) is 0 Å². The second-order valence-corrected chi connectivity index (χ2v) is 8.63. The SMILES string of the molecule is O=C(Nc1ccc2nc(N3CCOCC3)sc2c1)[C@@H]1CC(=O)N(c2ccccc2F)C1. The molecule has 1 N–H and O–H groups in total. The van der Waals surface area contributed by atoms with Crippen LogP contribution in [0.25, 0.3) is 10.2 Å². The molecule has 0 saturated carbocycles. The summed E-state index contributed by atoms with van der Waals surface area (Å²) in [6, 6.07) is 11.7. The number of halogens is 1. The number of ether oxygens (including phenoxy) is 1. The molecule has 31 heavy (non-hydrogen) atoms. The van der Waals surface area contributed by atoms with Crippen LogP contribution >= 0.6 is 11.3 Å². The molecule has 0 spiro atoms. The molecule has 2 aliphatic rings. The van der Waals surface area contributed by atoms with Crippen molar-refractivity contribution in [2.75, 3.05) is 48.0 Å². The van der Waals surface area contributed by atoms with Gasteiger partial charge < -0.3 is 19.9 Å². The predicted octanol–water partition coefficient (Wildman–Crippen LogP) is 3.26. The molecular weight excluding hydrogens is 419 g/mol. The number of para-hydroxylation sites is 1. The molecule has 2 aromatic carbocycles. The van der Waals surface area contributed by atoms with Gasteiger partial charge in [-0.1, -0.05) is 23.5 Å². The molecule has 3 heterocycles. The van der Waals surface area contributed by atoms with E-state index in [9.17, 15) is 14.0 Å². The summed E-state index contributed by atoms with van der Waals surface area (Å²) in [5.41, 5.74) is 1.75. The Balaban J connectivity index is 1.29. The van der Waals surface area contributed by atoms with Gasteiger partial charge in [-0.05, 0) is 30.3 Å². The van der Waals surface area contributed by atoms with Crippen molar-refractivity contribution in [3.63, 3.8) is 0 Å². The lowest BCUT2D eigenvalue weighted by molar-refractivity contribution is -0.122. The van der Waals surface area contributed by atoms with Crippen LogP contribution < -0.4 is 15.1 Å². The number of carbonyl (C=O) groups excluding carboxylic acids is 2. The van der Waals surface area contributed by atoms with Gasteiger partial charge in [0.15, 0.2) is 5.13 Å². The molecule has 2 saturated heterocycles. The minimum atomic E-state index is -0.534. The average Bonchev–Trinajstić information content (AvgIpc) is 3.38. The molecule has 7 nitrogen and oxygen atoms in total. The zero-order chi connectivity index (χ0) is 21.4. The Morgan fingerprint density at radius 2 is 2.00 bits per heavy atom. The smallest absolute Gasteiger partial charge is 0.229 e. The van der Waals surface area contributed by atoms with Crippen LogP contribution in [0.4, 0.5) is 20.9 Å². The fourth-order valence-corrected chi connectivity index (χ4v) is 4.97. The van der Waals surface area contributed by atoms with E-state index in [2.05, 4.69) is 15.2 Å². The summed E-state index contributed by atoms with van der Waals surface area (Å²) in [4.78, 5) is 33.4. The number of nitrogens with one attached hydrogen (secondary N) is 1. The Hall–Kier alpha value is -3.04. The average molecular weight is 441 g/mol. The summed E-state index contributed by atoms with van der Waals surface area (Å²) in [7, 11) is 0. The zero-order valence-corrected chi connectivity index (χ0v) is 17.5. The summed E-state index contributed by atoms with van der Waals surface area (Å²) in [5, 5.41) is 3.85. The summed E-state index contributed by atoms with van der Waals surface area (Å²) in [6.07, 6.45) is 0.0597. The number of hydrogen-bond acceptors (Lipinski definition) is 6. The first-order valence-electron chi connectivity index (χ1n) is 10.2. The van der Waals surface area contributed by atoms with Gasteiger partial charge in [-0.15, -0.1) is 0 Å². The van der Waals surface area contributed by atoms with Crippen molar-refractivity contribution in [3.8, 4) is 0 Å². The third kappa shape index (κ3) is 3.98. The van der Waals surface area contributed by atoms with Crippen LogP contribution in [-0.4, -0.2) is 49.6 Å². The molecule has 2 aliphatic heterocycles. The molecule has 0 radical (unpaired) electrons. The van der Waals surface area contributed by atoms with Crippen molar-refractivity contribution in [2.24, 2.45) is 5.92 Å². The maximum atomic E-state index is 14.1. The molecule has 9 heteroatoms. The van der Waals surface area contributed by atoms with E-state index in [0.717, 1.165) is 28.4 Å². The maximum Gasteiger partial charge on any atom is 0.229 e. The number of hydrogen-bond donors (Lipinski definition) is 1.